The van der Waals surface area contributed by atoms with Gasteiger partial charge in [0, 0.05) is 23.1 Å². The Kier molecular flexibility index (Phi) is 7.39. The van der Waals surface area contributed by atoms with Crippen molar-refractivity contribution in [2.24, 2.45) is 5.92 Å². The number of H-pyrrole nitrogens is 1. The van der Waals surface area contributed by atoms with E-state index in [9.17, 15) is 31.1 Å². The van der Waals surface area contributed by atoms with Gasteiger partial charge in [-0.25, -0.2) is 22.5 Å². The average molecular weight is 663 g/mol. The van der Waals surface area contributed by atoms with Crippen LogP contribution in [-0.4, -0.2) is 37.5 Å². The molecule has 1 fully saturated rings. The highest BCUT2D eigenvalue weighted by molar-refractivity contribution is 5.83. The Morgan fingerprint density at radius 1 is 1.04 bits per heavy atom. The van der Waals surface area contributed by atoms with Crippen LogP contribution >= 0.6 is 0 Å². The highest BCUT2D eigenvalue weighted by Crippen LogP contribution is 2.68. The van der Waals surface area contributed by atoms with Gasteiger partial charge >= 0.3 is 6.61 Å². The lowest BCUT2D eigenvalue weighted by atomic mass is 9.94. The van der Waals surface area contributed by atoms with E-state index in [4.69, 9.17) is 0 Å². The maximum atomic E-state index is 15.1. The molecule has 2 aliphatic carbocycles. The van der Waals surface area contributed by atoms with Gasteiger partial charge in [0.15, 0.2) is 0 Å². The van der Waals surface area contributed by atoms with Gasteiger partial charge in [0.05, 0.1) is 23.4 Å². The summed E-state index contributed by atoms with van der Waals surface area (Å²) in [6.07, 6.45) is -1.96. The van der Waals surface area contributed by atoms with E-state index in [0.717, 1.165) is 12.1 Å². The molecule has 2 aliphatic rings. The highest BCUT2D eigenvalue weighted by atomic mass is 19.3. The van der Waals surface area contributed by atoms with E-state index < -0.39 is 72.3 Å². The molecular formula is C31H22F8N6O2. The summed E-state index contributed by atoms with van der Waals surface area (Å²) >= 11 is 0. The van der Waals surface area contributed by atoms with Gasteiger partial charge in [-0.2, -0.15) is 27.8 Å². The molecule has 8 nitrogen and oxygen atoms in total. The first kappa shape index (κ1) is 30.6. The minimum atomic E-state index is -3.46. The van der Waals surface area contributed by atoms with Crippen LogP contribution in [0.2, 0.25) is 0 Å². The van der Waals surface area contributed by atoms with Crippen LogP contribution in [0.3, 0.4) is 0 Å². The van der Waals surface area contributed by atoms with E-state index in [1.165, 1.54) is 30.5 Å². The first-order chi connectivity index (χ1) is 22.4. The van der Waals surface area contributed by atoms with Gasteiger partial charge < -0.3 is 10.1 Å². The Labute approximate surface area is 259 Å². The lowest BCUT2D eigenvalue weighted by Gasteiger charge is -2.23. The number of hydrogen-bond donors (Lipinski definition) is 2. The number of rotatable bonds is 10. The molecule has 2 N–H and O–H groups in total. The minimum absolute atomic E-state index is 0.0457. The molecule has 0 spiro atoms. The monoisotopic (exact) mass is 662 g/mol. The van der Waals surface area contributed by atoms with Crippen molar-refractivity contribution in [2.45, 2.75) is 50.3 Å². The zero-order valence-corrected chi connectivity index (χ0v) is 23.8. The number of fused-ring (bicyclic) bond motifs is 4. The maximum absolute atomic E-state index is 15.1. The molecule has 1 saturated carbocycles. The van der Waals surface area contributed by atoms with Crippen molar-refractivity contribution in [1.29, 1.82) is 0 Å². The summed E-state index contributed by atoms with van der Waals surface area (Å²) in [7, 11) is 0. The normalized spacial score (nSPS) is 18.4. The van der Waals surface area contributed by atoms with Crippen LogP contribution in [-0.2, 0) is 23.7 Å². The molecule has 0 saturated heterocycles. The molecule has 3 atom stereocenters. The van der Waals surface area contributed by atoms with Crippen molar-refractivity contribution in [3.63, 3.8) is 0 Å². The zero-order valence-electron chi connectivity index (χ0n) is 23.8. The number of benzene rings is 2. The smallest absolute Gasteiger partial charge is 0.387 e. The summed E-state index contributed by atoms with van der Waals surface area (Å²) in [6, 6.07) is 8.63. The number of pyridine rings is 1. The SMILES string of the molecule is O=C(Cn1nc(C(F)F)c2c1C(F)(F)[C@@H]1C[C@H]21)NC(Cc1cc(F)cc(F)c1)c1nc2cn[nH]c2cc1-c1ccc(OC(F)F)cc1. The first-order valence-electron chi connectivity index (χ1n) is 14.3. The van der Waals surface area contributed by atoms with E-state index in [1.807, 2.05) is 0 Å². The number of aromatic nitrogens is 5. The number of nitrogens with zero attached hydrogens (tertiary/aromatic N) is 4. The number of carbonyl (C=O) groups is 1. The van der Waals surface area contributed by atoms with Gasteiger partial charge in [0.1, 0.15) is 40.8 Å². The number of halogens is 8. The number of aromatic amines is 1. The van der Waals surface area contributed by atoms with Gasteiger partial charge in [-0.1, -0.05) is 12.1 Å². The number of carbonyl (C=O) groups excluding carboxylic acids is 1. The Hall–Kier alpha value is -5.02. The Morgan fingerprint density at radius 2 is 1.77 bits per heavy atom. The number of ether oxygens (including phenoxy) is 1. The van der Waals surface area contributed by atoms with E-state index in [0.29, 0.717) is 32.9 Å². The number of amides is 1. The van der Waals surface area contributed by atoms with Crippen LogP contribution in [0.1, 0.15) is 53.0 Å². The van der Waals surface area contributed by atoms with E-state index in [1.54, 1.807) is 6.07 Å². The Balaban J connectivity index is 1.28. The molecule has 0 bridgehead atoms. The molecular weight excluding hydrogens is 640 g/mol. The van der Waals surface area contributed by atoms with Crippen LogP contribution < -0.4 is 10.1 Å². The molecule has 47 heavy (non-hydrogen) atoms. The summed E-state index contributed by atoms with van der Waals surface area (Å²) in [6.45, 7) is -3.93. The molecule has 2 aromatic carbocycles. The maximum Gasteiger partial charge on any atom is 0.387 e. The highest BCUT2D eigenvalue weighted by Gasteiger charge is 2.67. The third kappa shape index (κ3) is 5.65. The van der Waals surface area contributed by atoms with Crippen LogP contribution in [0, 0.1) is 17.6 Å². The van der Waals surface area contributed by atoms with Crippen LogP contribution in [0.25, 0.3) is 22.2 Å². The summed E-state index contributed by atoms with van der Waals surface area (Å²) in [4.78, 5) is 18.1. The molecule has 0 radical (unpaired) electrons. The van der Waals surface area contributed by atoms with Gasteiger partial charge in [0.2, 0.25) is 5.91 Å². The van der Waals surface area contributed by atoms with Crippen molar-refractivity contribution < 1.29 is 44.7 Å². The van der Waals surface area contributed by atoms with Gasteiger partial charge in [-0.15, -0.1) is 0 Å². The third-order valence-corrected chi connectivity index (χ3v) is 8.33. The molecule has 244 valence electrons. The molecule has 3 aromatic heterocycles. The summed E-state index contributed by atoms with van der Waals surface area (Å²) in [5.41, 5.74) is 0.0333. The second-order valence-electron chi connectivity index (χ2n) is 11.4. The van der Waals surface area contributed by atoms with Gasteiger partial charge in [-0.05, 0) is 60.2 Å². The van der Waals surface area contributed by atoms with Crippen molar-refractivity contribution in [2.75, 3.05) is 0 Å². The Bertz CT molecular complexity index is 1970. The number of nitrogens with one attached hydrogen (secondary N) is 2. The van der Waals surface area contributed by atoms with Gasteiger partial charge in [-0.3, -0.25) is 14.6 Å². The lowest BCUT2D eigenvalue weighted by molar-refractivity contribution is -0.123. The first-order valence-corrected chi connectivity index (χ1v) is 14.3. The molecule has 1 unspecified atom stereocenters. The fourth-order valence-electron chi connectivity index (χ4n) is 6.34. The molecule has 5 aromatic rings. The van der Waals surface area contributed by atoms with Crippen LogP contribution in [0.15, 0.2) is 54.7 Å². The van der Waals surface area contributed by atoms with Crippen LogP contribution in [0.5, 0.6) is 5.75 Å². The second-order valence-corrected chi connectivity index (χ2v) is 11.4. The van der Waals surface area contributed by atoms with Crippen molar-refractivity contribution in [3.8, 4) is 16.9 Å². The number of hydrogen-bond acceptors (Lipinski definition) is 5. The van der Waals surface area contributed by atoms with E-state index in [2.05, 4.69) is 30.3 Å². The summed E-state index contributed by atoms with van der Waals surface area (Å²) < 4.78 is 117. The third-order valence-electron chi connectivity index (χ3n) is 8.33. The molecule has 3 heterocycles. The predicted octanol–water partition coefficient (Wildman–Crippen LogP) is 6.95. The molecule has 0 aliphatic heterocycles. The molecule has 7 rings (SSSR count). The van der Waals surface area contributed by atoms with Crippen LogP contribution in [0.4, 0.5) is 35.1 Å². The molecule has 16 heteroatoms. The largest absolute Gasteiger partial charge is 0.435 e. The topological polar surface area (TPSA) is 97.7 Å². The quantitative estimate of drug-likeness (QED) is 0.158. The predicted molar refractivity (Wildman–Crippen MR) is 149 cm³/mol. The average Bonchev–Trinajstić information content (AvgIpc) is 3.41. The summed E-state index contributed by atoms with van der Waals surface area (Å²) in [5, 5.41) is 13.1. The van der Waals surface area contributed by atoms with Crippen molar-refractivity contribution in [1.82, 2.24) is 30.3 Å². The fraction of sp³-hybridized carbons (Fsp3) is 0.290. The standard InChI is InChI=1S/C31H22F8N6O2/c32-15-5-13(6-16(33)8-15)7-22(41-24(46)12-45-28-25(27(44-45)29(34)35)19-9-20(19)31(28,38)39)26-18(10-21-23(42-26)11-40-43-21)14-1-3-17(4-2-14)47-30(36)37/h1-6,8,10-11,19-20,22,29-30H,7,9,12H2,(H,40,43)(H,41,46)/t19-,20+,22?/m0/s1. The van der Waals surface area contributed by atoms with E-state index in [-0.39, 0.29) is 35.4 Å². The van der Waals surface area contributed by atoms with Crippen molar-refractivity contribution in [3.05, 3.63) is 94.6 Å². The van der Waals surface area contributed by atoms with Crippen molar-refractivity contribution >= 4 is 16.9 Å². The lowest BCUT2D eigenvalue weighted by Crippen LogP contribution is -2.35. The minimum Gasteiger partial charge on any atom is -0.435 e. The second kappa shape index (κ2) is 11.3. The zero-order chi connectivity index (χ0) is 33.2. The molecule has 1 amide bonds. The Morgan fingerprint density at radius 3 is 2.45 bits per heavy atom. The van der Waals surface area contributed by atoms with E-state index >= 15 is 8.78 Å². The summed E-state index contributed by atoms with van der Waals surface area (Å²) in [5.74, 6) is -8.21. The van der Waals surface area contributed by atoms with Gasteiger partial charge in [0.25, 0.3) is 12.3 Å². The fourth-order valence-corrected chi connectivity index (χ4v) is 6.34. The number of alkyl halides is 6.